The van der Waals surface area contributed by atoms with Crippen molar-refractivity contribution in [2.75, 3.05) is 19.0 Å². The molecule has 0 saturated heterocycles. The van der Waals surface area contributed by atoms with E-state index >= 15 is 0 Å². The molecule has 1 heterocycles. The number of esters is 1. The van der Waals surface area contributed by atoms with Crippen molar-refractivity contribution < 1.29 is 9.53 Å². The van der Waals surface area contributed by atoms with E-state index in [1.165, 1.54) is 7.11 Å². The number of halogens is 1. The molecule has 0 aliphatic rings. The topological polar surface area (TPSA) is 51.2 Å². The zero-order valence-corrected chi connectivity index (χ0v) is 9.24. The third-order valence-electron chi connectivity index (χ3n) is 1.42. The zero-order chi connectivity index (χ0) is 9.68. The van der Waals surface area contributed by atoms with Gasteiger partial charge >= 0.3 is 5.97 Å². The van der Waals surface area contributed by atoms with Gasteiger partial charge in [0.1, 0.15) is 6.54 Å². The van der Waals surface area contributed by atoms with Crippen molar-refractivity contribution >= 4 is 34.2 Å². The molecule has 0 amide bonds. The number of carbonyl (C=O) groups is 1. The van der Waals surface area contributed by atoms with Gasteiger partial charge in [-0.1, -0.05) is 0 Å². The molecule has 5 heteroatoms. The zero-order valence-electron chi connectivity index (χ0n) is 7.08. The molecule has 1 aromatic heterocycles. The van der Waals surface area contributed by atoms with Crippen LogP contribution in [0.2, 0.25) is 0 Å². The van der Waals surface area contributed by atoms with E-state index in [1.54, 1.807) is 12.4 Å². The number of nitrogens with one attached hydrogen (secondary N) is 1. The van der Waals surface area contributed by atoms with Crippen LogP contribution in [0, 0.1) is 3.57 Å². The summed E-state index contributed by atoms with van der Waals surface area (Å²) >= 11 is 2.16. The van der Waals surface area contributed by atoms with Gasteiger partial charge in [0.2, 0.25) is 0 Å². The summed E-state index contributed by atoms with van der Waals surface area (Å²) in [4.78, 5) is 14.7. The van der Waals surface area contributed by atoms with Crippen LogP contribution in [0.15, 0.2) is 18.5 Å². The molecule has 1 rings (SSSR count). The minimum atomic E-state index is -0.292. The molecule has 4 nitrogen and oxygen atoms in total. The van der Waals surface area contributed by atoms with E-state index in [-0.39, 0.29) is 12.5 Å². The Morgan fingerprint density at radius 2 is 2.54 bits per heavy atom. The highest BCUT2D eigenvalue weighted by Crippen LogP contribution is 2.14. The monoisotopic (exact) mass is 292 g/mol. The molecule has 0 radical (unpaired) electrons. The van der Waals surface area contributed by atoms with Crippen molar-refractivity contribution in [2.45, 2.75) is 0 Å². The fourth-order valence-corrected chi connectivity index (χ4v) is 1.24. The first kappa shape index (κ1) is 10.2. The molecule has 0 saturated carbocycles. The molecule has 1 N–H and O–H groups in total. The molecule has 0 fully saturated rings. The van der Waals surface area contributed by atoms with Gasteiger partial charge in [0.05, 0.1) is 19.0 Å². The number of pyridine rings is 1. The van der Waals surface area contributed by atoms with E-state index in [1.807, 2.05) is 6.07 Å². The summed E-state index contributed by atoms with van der Waals surface area (Å²) in [5.41, 5.74) is 0.841. The maximum Gasteiger partial charge on any atom is 0.325 e. The Hall–Kier alpha value is -0.850. The Morgan fingerprint density at radius 3 is 3.15 bits per heavy atom. The van der Waals surface area contributed by atoms with Crippen LogP contribution < -0.4 is 5.32 Å². The fourth-order valence-electron chi connectivity index (χ4n) is 0.747. The summed E-state index contributed by atoms with van der Waals surface area (Å²) < 4.78 is 5.51. The van der Waals surface area contributed by atoms with E-state index in [0.29, 0.717) is 0 Å². The van der Waals surface area contributed by atoms with Crippen LogP contribution in [0.5, 0.6) is 0 Å². The standard InChI is InChI=1S/C8H9IN2O2/c1-13-8(12)5-11-7-4-10-3-2-6(7)9/h2-4,11H,5H2,1H3. The lowest BCUT2D eigenvalue weighted by Gasteiger charge is -2.05. The summed E-state index contributed by atoms with van der Waals surface area (Å²) in [6.07, 6.45) is 3.37. The maximum atomic E-state index is 10.8. The molecule has 0 unspecified atom stereocenters. The number of hydrogen-bond acceptors (Lipinski definition) is 4. The first-order valence-corrected chi connectivity index (χ1v) is 4.72. The van der Waals surface area contributed by atoms with E-state index in [9.17, 15) is 4.79 Å². The molecule has 70 valence electrons. The first-order chi connectivity index (χ1) is 6.24. The molecular weight excluding hydrogens is 283 g/mol. The Kier molecular flexibility index (Phi) is 3.94. The highest BCUT2D eigenvalue weighted by Gasteiger charge is 2.01. The summed E-state index contributed by atoms with van der Waals surface area (Å²) in [6, 6.07) is 1.86. The third-order valence-corrected chi connectivity index (χ3v) is 2.36. The van der Waals surface area contributed by atoms with Crippen LogP contribution in [0.3, 0.4) is 0 Å². The quantitative estimate of drug-likeness (QED) is 0.673. The maximum absolute atomic E-state index is 10.8. The lowest BCUT2D eigenvalue weighted by molar-refractivity contribution is -0.138. The van der Waals surface area contributed by atoms with Crippen LogP contribution in [0.25, 0.3) is 0 Å². The summed E-state index contributed by atoms with van der Waals surface area (Å²) in [7, 11) is 1.36. The Morgan fingerprint density at radius 1 is 1.77 bits per heavy atom. The average Bonchev–Trinajstić information content (AvgIpc) is 2.16. The Balaban J connectivity index is 2.54. The molecule has 0 aliphatic carbocycles. The molecule has 0 bridgehead atoms. The SMILES string of the molecule is COC(=O)CNc1cnccc1I. The normalized spacial score (nSPS) is 9.38. The lowest BCUT2D eigenvalue weighted by Crippen LogP contribution is -2.15. The van der Waals surface area contributed by atoms with E-state index in [4.69, 9.17) is 0 Å². The van der Waals surface area contributed by atoms with E-state index < -0.39 is 0 Å². The number of nitrogens with zero attached hydrogens (tertiary/aromatic N) is 1. The lowest BCUT2D eigenvalue weighted by atomic mass is 10.4. The van der Waals surface area contributed by atoms with Gasteiger partial charge in [-0.2, -0.15) is 0 Å². The second kappa shape index (κ2) is 5.00. The average molecular weight is 292 g/mol. The van der Waals surface area contributed by atoms with Crippen molar-refractivity contribution in [2.24, 2.45) is 0 Å². The van der Waals surface area contributed by atoms with Crippen molar-refractivity contribution in [3.05, 3.63) is 22.0 Å². The summed E-state index contributed by atoms with van der Waals surface area (Å²) in [6.45, 7) is 0.165. The van der Waals surface area contributed by atoms with Gasteiger partial charge in [0.25, 0.3) is 0 Å². The Labute approximate surface area is 89.8 Å². The highest BCUT2D eigenvalue weighted by atomic mass is 127. The molecule has 0 aliphatic heterocycles. The largest absolute Gasteiger partial charge is 0.468 e. The van der Waals surface area contributed by atoms with Gasteiger partial charge in [-0.05, 0) is 28.7 Å². The predicted octanol–water partition coefficient (Wildman–Crippen LogP) is 1.27. The van der Waals surface area contributed by atoms with Gasteiger partial charge in [0, 0.05) is 9.77 Å². The Bertz CT molecular complexity index is 304. The summed E-state index contributed by atoms with van der Waals surface area (Å²) in [5.74, 6) is -0.292. The highest BCUT2D eigenvalue weighted by molar-refractivity contribution is 14.1. The van der Waals surface area contributed by atoms with Crippen LogP contribution in [0.4, 0.5) is 5.69 Å². The van der Waals surface area contributed by atoms with Crippen molar-refractivity contribution in [1.82, 2.24) is 4.98 Å². The number of ether oxygens (including phenoxy) is 1. The minimum Gasteiger partial charge on any atom is -0.468 e. The van der Waals surface area contributed by atoms with Crippen molar-refractivity contribution in [3.63, 3.8) is 0 Å². The molecule has 13 heavy (non-hydrogen) atoms. The second-order valence-corrected chi connectivity index (χ2v) is 3.45. The minimum absolute atomic E-state index is 0.165. The third kappa shape index (κ3) is 3.17. The van der Waals surface area contributed by atoms with Gasteiger partial charge in [-0.25, -0.2) is 0 Å². The molecule has 1 aromatic rings. The predicted molar refractivity (Wildman–Crippen MR) is 57.5 cm³/mol. The molecule has 0 spiro atoms. The number of methoxy groups -OCH3 is 1. The summed E-state index contributed by atoms with van der Waals surface area (Å²) in [5, 5.41) is 2.92. The number of rotatable bonds is 3. The van der Waals surface area contributed by atoms with Crippen molar-refractivity contribution in [3.8, 4) is 0 Å². The van der Waals surface area contributed by atoms with Crippen LogP contribution >= 0.6 is 22.6 Å². The van der Waals surface area contributed by atoms with Gasteiger partial charge in [0.15, 0.2) is 0 Å². The second-order valence-electron chi connectivity index (χ2n) is 2.29. The van der Waals surface area contributed by atoms with E-state index in [0.717, 1.165) is 9.26 Å². The number of anilines is 1. The molecular formula is C8H9IN2O2. The van der Waals surface area contributed by atoms with Crippen molar-refractivity contribution in [1.29, 1.82) is 0 Å². The van der Waals surface area contributed by atoms with E-state index in [2.05, 4.69) is 37.6 Å². The van der Waals surface area contributed by atoms with Gasteiger partial charge in [-0.3, -0.25) is 9.78 Å². The number of aromatic nitrogens is 1. The van der Waals surface area contributed by atoms with Crippen LogP contribution in [-0.4, -0.2) is 24.6 Å². The molecule has 0 aromatic carbocycles. The number of hydrogen-bond donors (Lipinski definition) is 1. The molecule has 0 atom stereocenters. The first-order valence-electron chi connectivity index (χ1n) is 3.64. The van der Waals surface area contributed by atoms with Gasteiger partial charge in [-0.15, -0.1) is 0 Å². The smallest absolute Gasteiger partial charge is 0.325 e. The van der Waals surface area contributed by atoms with Crippen LogP contribution in [0.1, 0.15) is 0 Å². The van der Waals surface area contributed by atoms with Crippen LogP contribution in [-0.2, 0) is 9.53 Å². The fraction of sp³-hybridized carbons (Fsp3) is 0.250. The number of carbonyl (C=O) groups excluding carboxylic acids is 1. The van der Waals surface area contributed by atoms with Gasteiger partial charge < -0.3 is 10.1 Å².